The first-order chi connectivity index (χ1) is 4.67. The minimum absolute atomic E-state index is 0.409. The van der Waals surface area contributed by atoms with Crippen molar-refractivity contribution in [2.24, 2.45) is 0 Å². The van der Waals surface area contributed by atoms with Gasteiger partial charge in [-0.25, -0.2) is 4.98 Å². The molecule has 54 valence electrons. The Morgan fingerprint density at radius 1 is 1.70 bits per heavy atom. The molecule has 0 N–H and O–H groups in total. The van der Waals surface area contributed by atoms with E-state index in [1.54, 1.807) is 6.20 Å². The summed E-state index contributed by atoms with van der Waals surface area (Å²) in [7, 11) is 0. The molecule has 0 saturated carbocycles. The minimum Gasteiger partial charge on any atom is -0.302 e. The van der Waals surface area contributed by atoms with E-state index in [2.05, 4.69) is 4.98 Å². The Kier molecular flexibility index (Phi) is 1.85. The topological polar surface area (TPSA) is 30.0 Å². The third-order valence-electron chi connectivity index (χ3n) is 1.28. The smallest absolute Gasteiger partial charge is 0.132 e. The summed E-state index contributed by atoms with van der Waals surface area (Å²) >= 11 is 1.51. The molecule has 0 aliphatic rings. The van der Waals surface area contributed by atoms with Crippen LogP contribution in [0.25, 0.3) is 0 Å². The van der Waals surface area contributed by atoms with Gasteiger partial charge in [-0.1, -0.05) is 0 Å². The molecule has 0 aromatic carbocycles. The van der Waals surface area contributed by atoms with Crippen molar-refractivity contribution < 1.29 is 4.79 Å². The Hall–Kier alpha value is -0.700. The summed E-state index contributed by atoms with van der Waals surface area (Å²) in [6.45, 7) is 3.72. The largest absolute Gasteiger partial charge is 0.302 e. The van der Waals surface area contributed by atoms with Crippen LogP contribution in [0.15, 0.2) is 11.6 Å². The van der Waals surface area contributed by atoms with Gasteiger partial charge in [0.2, 0.25) is 0 Å². The Balaban J connectivity index is 2.95. The summed E-state index contributed by atoms with van der Waals surface area (Å²) in [4.78, 5) is 14.5. The van der Waals surface area contributed by atoms with Crippen LogP contribution < -0.4 is 0 Å². The van der Waals surface area contributed by atoms with Crippen molar-refractivity contribution >= 4 is 17.6 Å². The molecule has 1 aromatic rings. The fourth-order valence-corrected chi connectivity index (χ4v) is 1.32. The molecule has 0 fully saturated rings. The third-order valence-corrected chi connectivity index (χ3v) is 2.39. The highest BCUT2D eigenvalue weighted by molar-refractivity contribution is 7.09. The zero-order chi connectivity index (χ0) is 7.61. The van der Waals surface area contributed by atoms with E-state index in [9.17, 15) is 4.79 Å². The number of rotatable bonds is 2. The standard InChI is InChI=1S/C7H9NOS/c1-7(2,5-9)6-8-3-4-10-6/h3-5H,1-2H3. The second kappa shape index (κ2) is 2.50. The highest BCUT2D eigenvalue weighted by atomic mass is 32.1. The summed E-state index contributed by atoms with van der Waals surface area (Å²) in [6.07, 6.45) is 2.64. The lowest BCUT2D eigenvalue weighted by molar-refractivity contribution is -0.111. The van der Waals surface area contributed by atoms with Gasteiger partial charge in [0.25, 0.3) is 0 Å². The fraction of sp³-hybridized carbons (Fsp3) is 0.429. The van der Waals surface area contributed by atoms with E-state index in [4.69, 9.17) is 0 Å². The quantitative estimate of drug-likeness (QED) is 0.607. The van der Waals surface area contributed by atoms with E-state index in [-0.39, 0.29) is 0 Å². The SMILES string of the molecule is CC(C)(C=O)c1nccs1. The maximum absolute atomic E-state index is 10.5. The van der Waals surface area contributed by atoms with E-state index in [0.717, 1.165) is 11.3 Å². The lowest BCUT2D eigenvalue weighted by Crippen LogP contribution is -2.17. The molecule has 0 aliphatic carbocycles. The highest BCUT2D eigenvalue weighted by Gasteiger charge is 2.21. The number of thiazole rings is 1. The molecule has 2 nitrogen and oxygen atoms in total. The first-order valence-corrected chi connectivity index (χ1v) is 3.91. The van der Waals surface area contributed by atoms with Crippen LogP contribution in [0.1, 0.15) is 18.9 Å². The van der Waals surface area contributed by atoms with E-state index in [0.29, 0.717) is 0 Å². The number of nitrogens with zero attached hydrogens (tertiary/aromatic N) is 1. The van der Waals surface area contributed by atoms with Crippen molar-refractivity contribution in [1.82, 2.24) is 4.98 Å². The van der Waals surface area contributed by atoms with Gasteiger partial charge in [0.1, 0.15) is 11.3 Å². The normalized spacial score (nSPS) is 11.4. The van der Waals surface area contributed by atoms with Crippen LogP contribution in [0.4, 0.5) is 0 Å². The van der Waals surface area contributed by atoms with Gasteiger partial charge in [0, 0.05) is 11.6 Å². The fourth-order valence-electron chi connectivity index (χ4n) is 0.592. The number of carbonyl (C=O) groups excluding carboxylic acids is 1. The van der Waals surface area contributed by atoms with Crippen LogP contribution >= 0.6 is 11.3 Å². The van der Waals surface area contributed by atoms with Gasteiger partial charge in [0.15, 0.2) is 0 Å². The van der Waals surface area contributed by atoms with Gasteiger partial charge in [-0.05, 0) is 13.8 Å². The minimum atomic E-state index is -0.409. The second-order valence-corrected chi connectivity index (χ2v) is 3.57. The van der Waals surface area contributed by atoms with Crippen molar-refractivity contribution in [3.05, 3.63) is 16.6 Å². The number of aldehydes is 1. The molecule has 3 heteroatoms. The molecular weight excluding hydrogens is 146 g/mol. The van der Waals surface area contributed by atoms with Crippen molar-refractivity contribution in [3.63, 3.8) is 0 Å². The molecule has 1 heterocycles. The highest BCUT2D eigenvalue weighted by Crippen LogP contribution is 2.21. The summed E-state index contributed by atoms with van der Waals surface area (Å²) in [5.74, 6) is 0. The lowest BCUT2D eigenvalue weighted by Gasteiger charge is -2.11. The Morgan fingerprint density at radius 2 is 2.40 bits per heavy atom. The zero-order valence-corrected chi connectivity index (χ0v) is 6.81. The summed E-state index contributed by atoms with van der Waals surface area (Å²) in [6, 6.07) is 0. The molecule has 0 radical (unpaired) electrons. The molecule has 0 bridgehead atoms. The lowest BCUT2D eigenvalue weighted by atomic mass is 9.97. The van der Waals surface area contributed by atoms with E-state index >= 15 is 0 Å². The van der Waals surface area contributed by atoms with Crippen LogP contribution in [0, 0.1) is 0 Å². The van der Waals surface area contributed by atoms with Crippen molar-refractivity contribution in [1.29, 1.82) is 0 Å². The van der Waals surface area contributed by atoms with Gasteiger partial charge < -0.3 is 4.79 Å². The summed E-state index contributed by atoms with van der Waals surface area (Å²) in [5, 5.41) is 2.75. The number of carbonyl (C=O) groups is 1. The van der Waals surface area contributed by atoms with Crippen molar-refractivity contribution in [3.8, 4) is 0 Å². The van der Waals surface area contributed by atoms with Crippen LogP contribution in [0.3, 0.4) is 0 Å². The molecule has 1 rings (SSSR count). The first-order valence-electron chi connectivity index (χ1n) is 3.03. The molecule has 0 spiro atoms. The van der Waals surface area contributed by atoms with Crippen molar-refractivity contribution in [2.45, 2.75) is 19.3 Å². The molecule has 1 aromatic heterocycles. The number of aromatic nitrogens is 1. The van der Waals surface area contributed by atoms with Gasteiger partial charge in [-0.2, -0.15) is 0 Å². The predicted molar refractivity (Wildman–Crippen MR) is 41.2 cm³/mol. The van der Waals surface area contributed by atoms with Crippen LogP contribution in [0.5, 0.6) is 0 Å². The maximum atomic E-state index is 10.5. The van der Waals surface area contributed by atoms with E-state index < -0.39 is 5.41 Å². The summed E-state index contributed by atoms with van der Waals surface area (Å²) in [5.41, 5.74) is -0.409. The number of hydrogen-bond acceptors (Lipinski definition) is 3. The van der Waals surface area contributed by atoms with Crippen LogP contribution in [-0.4, -0.2) is 11.3 Å². The molecule has 0 saturated heterocycles. The molecule has 0 aliphatic heterocycles. The average molecular weight is 155 g/mol. The van der Waals surface area contributed by atoms with E-state index in [1.807, 2.05) is 19.2 Å². The van der Waals surface area contributed by atoms with Crippen molar-refractivity contribution in [2.75, 3.05) is 0 Å². The van der Waals surface area contributed by atoms with Crippen LogP contribution in [0.2, 0.25) is 0 Å². The second-order valence-electron chi connectivity index (χ2n) is 2.68. The summed E-state index contributed by atoms with van der Waals surface area (Å²) < 4.78 is 0. The van der Waals surface area contributed by atoms with Gasteiger partial charge >= 0.3 is 0 Å². The average Bonchev–Trinajstić information content (AvgIpc) is 2.38. The maximum Gasteiger partial charge on any atom is 0.132 e. The van der Waals surface area contributed by atoms with Gasteiger partial charge in [-0.15, -0.1) is 11.3 Å². The predicted octanol–water partition coefficient (Wildman–Crippen LogP) is 1.62. The molecular formula is C7H9NOS. The Bertz CT molecular complexity index is 216. The van der Waals surface area contributed by atoms with Crippen LogP contribution in [-0.2, 0) is 10.2 Å². The van der Waals surface area contributed by atoms with E-state index in [1.165, 1.54) is 11.3 Å². The monoisotopic (exact) mass is 155 g/mol. The van der Waals surface area contributed by atoms with Gasteiger partial charge in [0.05, 0.1) is 5.41 Å². The molecule has 0 amide bonds. The number of hydrogen-bond donors (Lipinski definition) is 0. The Labute approximate surface area is 63.9 Å². The molecule has 0 atom stereocenters. The Morgan fingerprint density at radius 3 is 2.80 bits per heavy atom. The molecule has 0 unspecified atom stereocenters. The third kappa shape index (κ3) is 1.24. The zero-order valence-electron chi connectivity index (χ0n) is 6.00. The first kappa shape index (κ1) is 7.41. The van der Waals surface area contributed by atoms with Gasteiger partial charge in [-0.3, -0.25) is 0 Å². The molecule has 10 heavy (non-hydrogen) atoms.